The van der Waals surface area contributed by atoms with Crippen molar-refractivity contribution < 1.29 is 90.3 Å². The standard InChI is InChI=1S/C74H93N3O21/c1-6-9-37-87-59-46(4)92-72(64(89-39-11-8-3)62(59)88-38-10-7-2)98-60-53(75-66(79)54-43-58(78)77-74(85)76-54)41-52(67(80)86-5)42-55(60)94-73-65(97-70(83)51-35-25-16-26-36-51)63(93-56(40-47-27-17-12-18-28-47)71(84)90-44-48-29-19-13-20-30-48)61(96-69(82)50-33-23-15-24-34-50)57(95-73)45-91-68(81)49-31-21-14-22-32-49/h13-16,19-26,29-36,43,46-47,52-53,55-57,59-65,72-73H,6-12,17-18,27-28,37-42,44-45H2,1-5H3,(H,75,79)(H2,76,77,78,85)/t46?,52?,53?,55?,56-,57?,59?,60?,61?,62?,63?,64?,65?,72?,73?/m0/s1. The number of carbonyl (C=O) groups is 6. The minimum absolute atomic E-state index is 0.0540. The summed E-state index contributed by atoms with van der Waals surface area (Å²) in [4.78, 5) is 118. The van der Waals surface area contributed by atoms with E-state index in [4.69, 9.17) is 61.6 Å². The van der Waals surface area contributed by atoms with Gasteiger partial charge in [0, 0.05) is 25.9 Å². The van der Waals surface area contributed by atoms with Gasteiger partial charge in [0.1, 0.15) is 55.5 Å². The van der Waals surface area contributed by atoms with Crippen molar-refractivity contribution in [3.63, 3.8) is 0 Å². The molecular weight excluding hydrogens is 1270 g/mol. The fourth-order valence-corrected chi connectivity index (χ4v) is 12.8. The molecule has 0 spiro atoms. The summed E-state index contributed by atoms with van der Waals surface area (Å²) >= 11 is 0. The van der Waals surface area contributed by atoms with E-state index in [2.05, 4.69) is 22.2 Å². The molecule has 4 aliphatic rings. The van der Waals surface area contributed by atoms with Crippen LogP contribution in [0.4, 0.5) is 0 Å². The molecule has 3 heterocycles. The van der Waals surface area contributed by atoms with Gasteiger partial charge in [0.2, 0.25) is 0 Å². The molecule has 2 saturated carbocycles. The van der Waals surface area contributed by atoms with Crippen LogP contribution in [0, 0.1) is 11.8 Å². The van der Waals surface area contributed by atoms with Gasteiger partial charge >= 0.3 is 35.5 Å². The molecule has 24 heteroatoms. The maximum Gasteiger partial charge on any atom is 0.338 e. The number of ether oxygens (including phenoxy) is 13. The number of carbonyl (C=O) groups excluding carboxylic acids is 6. The molecule has 15 atom stereocenters. The Morgan fingerprint density at radius 1 is 0.582 bits per heavy atom. The number of hydrogen-bond donors (Lipinski definition) is 3. The highest BCUT2D eigenvalue weighted by molar-refractivity contribution is 5.92. The van der Waals surface area contributed by atoms with E-state index < -0.39 is 151 Å². The number of aromatic amines is 2. The van der Waals surface area contributed by atoms with Crippen molar-refractivity contribution in [3.8, 4) is 0 Å². The van der Waals surface area contributed by atoms with Crippen molar-refractivity contribution in [2.75, 3.05) is 33.5 Å². The topological polar surface area (TPSA) is 300 Å². The molecule has 1 aromatic heterocycles. The van der Waals surface area contributed by atoms with Gasteiger partial charge in [0.05, 0.1) is 48.0 Å². The molecule has 1 amide bonds. The molecule has 530 valence electrons. The van der Waals surface area contributed by atoms with E-state index >= 15 is 9.59 Å². The smallest absolute Gasteiger partial charge is 0.338 e. The van der Waals surface area contributed by atoms with E-state index in [1.54, 1.807) is 78.9 Å². The number of H-pyrrole nitrogens is 2. The largest absolute Gasteiger partial charge is 0.469 e. The predicted octanol–water partition coefficient (Wildman–Crippen LogP) is 9.32. The lowest BCUT2D eigenvalue weighted by molar-refractivity contribution is -0.353. The molecule has 0 bridgehead atoms. The second kappa shape index (κ2) is 37.9. The number of nitrogens with one attached hydrogen (secondary N) is 3. The van der Waals surface area contributed by atoms with Crippen molar-refractivity contribution in [3.05, 3.63) is 176 Å². The summed E-state index contributed by atoms with van der Waals surface area (Å²) in [5.74, 6) is -6.32. The van der Waals surface area contributed by atoms with Gasteiger partial charge in [-0.3, -0.25) is 19.4 Å². The molecule has 14 unspecified atom stereocenters. The Bertz CT molecular complexity index is 3400. The highest BCUT2D eigenvalue weighted by Crippen LogP contribution is 2.40. The van der Waals surface area contributed by atoms with Crippen LogP contribution in [0.1, 0.15) is 165 Å². The summed E-state index contributed by atoms with van der Waals surface area (Å²) in [6.45, 7) is 8.05. The Kier molecular flexibility index (Phi) is 28.7. The van der Waals surface area contributed by atoms with Crippen molar-refractivity contribution in [2.45, 2.75) is 210 Å². The monoisotopic (exact) mass is 1360 g/mol. The van der Waals surface area contributed by atoms with Crippen LogP contribution < -0.4 is 16.6 Å². The maximum absolute atomic E-state index is 15.1. The summed E-state index contributed by atoms with van der Waals surface area (Å²) < 4.78 is 86.6. The van der Waals surface area contributed by atoms with Gasteiger partial charge in [0.15, 0.2) is 30.9 Å². The SMILES string of the molecule is CCCCOC1C(C)OC(OC2C(NC(=O)c3cc(=O)[nH]c(=O)[nH]3)CC(C(=O)OC)CC2OC2OC(COC(=O)c3ccccc3)C(OC(=O)c3ccccc3)C(O[C@@H](CC3CCCCC3)C(=O)OCc3ccccc3)C2OC(=O)c2ccccc2)C(OCCCC)C1OCCCC. The molecule has 98 heavy (non-hydrogen) atoms. The number of amides is 1. The quantitative estimate of drug-likeness (QED) is 0.0200. The minimum atomic E-state index is -1.92. The zero-order chi connectivity index (χ0) is 69.3. The third-order valence-corrected chi connectivity index (χ3v) is 18.0. The van der Waals surface area contributed by atoms with E-state index in [9.17, 15) is 28.8 Å². The molecule has 2 saturated heterocycles. The summed E-state index contributed by atoms with van der Waals surface area (Å²) in [7, 11) is 1.20. The van der Waals surface area contributed by atoms with Crippen LogP contribution in [-0.4, -0.2) is 165 Å². The Morgan fingerprint density at radius 2 is 1.13 bits per heavy atom. The van der Waals surface area contributed by atoms with Gasteiger partial charge < -0.3 is 71.9 Å². The first-order valence-corrected chi connectivity index (χ1v) is 34.4. The summed E-state index contributed by atoms with van der Waals surface area (Å²) in [6.07, 6.45) is -9.42. The fraction of sp³-hybridized carbons (Fsp3) is 0.541. The normalized spacial score (nSPS) is 26.0. The number of esters is 5. The predicted molar refractivity (Wildman–Crippen MR) is 354 cm³/mol. The van der Waals surface area contributed by atoms with E-state index in [-0.39, 0.29) is 55.1 Å². The first-order chi connectivity index (χ1) is 47.6. The number of benzene rings is 4. The number of hydrogen-bond acceptors (Lipinski definition) is 21. The molecule has 3 N–H and O–H groups in total. The van der Waals surface area contributed by atoms with Gasteiger partial charge in [-0.05, 0) is 93.3 Å². The number of aromatic nitrogens is 2. The van der Waals surface area contributed by atoms with Gasteiger partial charge in [0.25, 0.3) is 11.5 Å². The first-order valence-electron chi connectivity index (χ1n) is 34.4. The van der Waals surface area contributed by atoms with Crippen LogP contribution >= 0.6 is 0 Å². The van der Waals surface area contributed by atoms with Crippen LogP contribution in [0.5, 0.6) is 0 Å². The molecule has 24 nitrogen and oxygen atoms in total. The van der Waals surface area contributed by atoms with E-state index in [1.165, 1.54) is 31.4 Å². The second-order valence-electron chi connectivity index (χ2n) is 25.2. The molecule has 2 aliphatic carbocycles. The minimum Gasteiger partial charge on any atom is -0.469 e. The lowest BCUT2D eigenvalue weighted by Gasteiger charge is -2.50. The maximum atomic E-state index is 15.1. The summed E-state index contributed by atoms with van der Waals surface area (Å²) in [6, 6.07) is 32.8. The number of rotatable bonds is 33. The summed E-state index contributed by atoms with van der Waals surface area (Å²) in [5.41, 5.74) is -1.31. The van der Waals surface area contributed by atoms with Crippen molar-refractivity contribution in [1.29, 1.82) is 0 Å². The molecule has 2 aliphatic heterocycles. The van der Waals surface area contributed by atoms with Crippen LogP contribution in [0.3, 0.4) is 0 Å². The third-order valence-electron chi connectivity index (χ3n) is 18.0. The molecule has 9 rings (SSSR count). The Hall–Kier alpha value is -7.94. The lowest BCUT2D eigenvalue weighted by atomic mass is 9.81. The Balaban J connectivity index is 1.22. The van der Waals surface area contributed by atoms with Crippen molar-refractivity contribution in [1.82, 2.24) is 15.3 Å². The molecule has 4 aromatic carbocycles. The van der Waals surface area contributed by atoms with Crippen LogP contribution in [0.2, 0.25) is 0 Å². The average Bonchev–Trinajstić information content (AvgIpc) is 0.776. The fourth-order valence-electron chi connectivity index (χ4n) is 12.8. The van der Waals surface area contributed by atoms with Gasteiger partial charge in [-0.2, -0.15) is 0 Å². The van der Waals surface area contributed by atoms with E-state index in [1.807, 2.05) is 39.0 Å². The van der Waals surface area contributed by atoms with Crippen LogP contribution in [-0.2, 0) is 77.8 Å². The third kappa shape index (κ3) is 20.8. The lowest BCUT2D eigenvalue weighted by Crippen LogP contribution is -2.66. The molecule has 4 fully saturated rings. The van der Waals surface area contributed by atoms with Crippen LogP contribution in [0.15, 0.2) is 137 Å². The average molecular weight is 1360 g/mol. The highest BCUT2D eigenvalue weighted by Gasteiger charge is 2.57. The van der Waals surface area contributed by atoms with Gasteiger partial charge in [-0.15, -0.1) is 0 Å². The number of unbranched alkanes of at least 4 members (excludes halogenated alkanes) is 3. The zero-order valence-corrected chi connectivity index (χ0v) is 56.4. The molecule has 0 radical (unpaired) electrons. The van der Waals surface area contributed by atoms with Crippen molar-refractivity contribution >= 4 is 35.8 Å². The van der Waals surface area contributed by atoms with E-state index in [0.717, 1.165) is 63.9 Å². The Morgan fingerprint density at radius 3 is 1.71 bits per heavy atom. The molecule has 5 aromatic rings. The van der Waals surface area contributed by atoms with Crippen LogP contribution in [0.25, 0.3) is 0 Å². The van der Waals surface area contributed by atoms with Gasteiger partial charge in [-0.25, -0.2) is 24.0 Å². The number of methoxy groups -OCH3 is 1. The first kappa shape index (κ1) is 74.3. The van der Waals surface area contributed by atoms with E-state index in [0.29, 0.717) is 31.6 Å². The van der Waals surface area contributed by atoms with Gasteiger partial charge in [-0.1, -0.05) is 157 Å². The second-order valence-corrected chi connectivity index (χ2v) is 25.2. The van der Waals surface area contributed by atoms with Crippen molar-refractivity contribution in [2.24, 2.45) is 11.8 Å². The summed E-state index contributed by atoms with van der Waals surface area (Å²) in [5, 5.41) is 2.91. The molecular formula is C74H93N3O21. The highest BCUT2D eigenvalue weighted by atomic mass is 16.8. The zero-order valence-electron chi connectivity index (χ0n) is 56.4. The Labute approximate surface area is 570 Å².